The van der Waals surface area contributed by atoms with Crippen molar-refractivity contribution in [2.24, 2.45) is 0 Å². The molecule has 18 heavy (non-hydrogen) atoms. The minimum atomic E-state index is -1.19. The number of hydrogen-bond donors (Lipinski definition) is 1. The van der Waals surface area contributed by atoms with Gasteiger partial charge in [-0.25, -0.2) is 19.2 Å². The van der Waals surface area contributed by atoms with Gasteiger partial charge in [-0.05, 0) is 18.2 Å². The minimum absolute atomic E-state index is 0.126. The number of nitrogens with zero attached hydrogens (tertiary/aromatic N) is 2. The highest BCUT2D eigenvalue weighted by Crippen LogP contribution is 2.27. The number of aromatic nitrogens is 2. The van der Waals surface area contributed by atoms with Crippen LogP contribution in [0.15, 0.2) is 30.6 Å². The van der Waals surface area contributed by atoms with Crippen molar-refractivity contribution in [3.05, 3.63) is 42.0 Å². The maximum absolute atomic E-state index is 13.8. The number of carboxylic acids is 1. The molecule has 1 aromatic heterocycles. The lowest BCUT2D eigenvalue weighted by molar-refractivity contribution is 0.0696. The van der Waals surface area contributed by atoms with Crippen LogP contribution in [0.1, 0.15) is 10.4 Å². The summed E-state index contributed by atoms with van der Waals surface area (Å²) in [5.74, 6) is -1.69. The highest BCUT2D eigenvalue weighted by molar-refractivity contribution is 5.88. The highest BCUT2D eigenvalue weighted by Gasteiger charge is 2.15. The van der Waals surface area contributed by atoms with Crippen LogP contribution in [0, 0.1) is 5.82 Å². The molecule has 0 bridgehead atoms. The molecule has 0 amide bonds. The standard InChI is InChI=1S/C12H9FN2O3/c1-18-11-10(14-4-5-15-11)8-3-2-7(12(16)17)6-9(8)13/h2-6H,1H3,(H,16,17). The van der Waals surface area contributed by atoms with Gasteiger partial charge in [0.15, 0.2) is 0 Å². The number of methoxy groups -OCH3 is 1. The number of hydrogen-bond acceptors (Lipinski definition) is 4. The largest absolute Gasteiger partial charge is 0.479 e. The van der Waals surface area contributed by atoms with Gasteiger partial charge in [0, 0.05) is 18.0 Å². The Morgan fingerprint density at radius 3 is 2.67 bits per heavy atom. The number of halogens is 1. The molecule has 2 rings (SSSR count). The van der Waals surface area contributed by atoms with Gasteiger partial charge in [-0.3, -0.25) is 0 Å². The topological polar surface area (TPSA) is 72.3 Å². The van der Waals surface area contributed by atoms with Gasteiger partial charge in [0.1, 0.15) is 11.5 Å². The van der Waals surface area contributed by atoms with Crippen LogP contribution in [0.4, 0.5) is 4.39 Å². The van der Waals surface area contributed by atoms with Crippen LogP contribution in [0.5, 0.6) is 5.88 Å². The van der Waals surface area contributed by atoms with Gasteiger partial charge in [0.2, 0.25) is 5.88 Å². The summed E-state index contributed by atoms with van der Waals surface area (Å²) in [4.78, 5) is 18.6. The quantitative estimate of drug-likeness (QED) is 0.899. The summed E-state index contributed by atoms with van der Waals surface area (Å²) in [6.45, 7) is 0. The average Bonchev–Trinajstić information content (AvgIpc) is 2.38. The summed E-state index contributed by atoms with van der Waals surface area (Å²) < 4.78 is 18.8. The summed E-state index contributed by atoms with van der Waals surface area (Å²) in [5.41, 5.74) is 0.249. The van der Waals surface area contributed by atoms with Crippen LogP contribution in [0.3, 0.4) is 0 Å². The van der Waals surface area contributed by atoms with Gasteiger partial charge in [0.05, 0.1) is 12.7 Å². The minimum Gasteiger partial charge on any atom is -0.479 e. The van der Waals surface area contributed by atoms with Gasteiger partial charge in [-0.15, -0.1) is 0 Å². The molecule has 92 valence electrons. The second-order valence-electron chi connectivity index (χ2n) is 3.41. The molecule has 1 N–H and O–H groups in total. The molecule has 0 atom stereocenters. The molecule has 2 aromatic rings. The number of benzene rings is 1. The molecule has 0 aliphatic rings. The van der Waals surface area contributed by atoms with E-state index < -0.39 is 11.8 Å². The second kappa shape index (κ2) is 4.79. The van der Waals surface area contributed by atoms with E-state index in [-0.39, 0.29) is 22.7 Å². The normalized spacial score (nSPS) is 10.1. The number of rotatable bonds is 3. The Hall–Kier alpha value is -2.50. The second-order valence-corrected chi connectivity index (χ2v) is 3.41. The van der Waals surface area contributed by atoms with Crippen LogP contribution >= 0.6 is 0 Å². The van der Waals surface area contributed by atoms with Crippen LogP contribution in [-0.4, -0.2) is 28.2 Å². The Balaban J connectivity index is 2.54. The van der Waals surface area contributed by atoms with Crippen molar-refractivity contribution < 1.29 is 19.0 Å². The molecule has 6 heteroatoms. The molecule has 5 nitrogen and oxygen atoms in total. The van der Waals surface area contributed by atoms with Crippen molar-refractivity contribution in [2.75, 3.05) is 7.11 Å². The lowest BCUT2D eigenvalue weighted by Crippen LogP contribution is -2.00. The number of carboxylic acid groups (broad SMARTS) is 1. The maximum Gasteiger partial charge on any atom is 0.335 e. The van der Waals surface area contributed by atoms with Crippen molar-refractivity contribution in [3.8, 4) is 17.1 Å². The van der Waals surface area contributed by atoms with E-state index in [0.29, 0.717) is 0 Å². The first kappa shape index (κ1) is 12.0. The third-order valence-electron chi connectivity index (χ3n) is 2.33. The zero-order valence-corrected chi connectivity index (χ0v) is 9.42. The number of ether oxygens (including phenoxy) is 1. The predicted octanol–water partition coefficient (Wildman–Crippen LogP) is 1.99. The SMILES string of the molecule is COc1nccnc1-c1ccc(C(=O)O)cc1F. The Labute approximate surface area is 102 Å². The lowest BCUT2D eigenvalue weighted by atomic mass is 10.1. The van der Waals surface area contributed by atoms with E-state index in [1.54, 1.807) is 0 Å². The van der Waals surface area contributed by atoms with E-state index in [9.17, 15) is 9.18 Å². The van der Waals surface area contributed by atoms with Crippen molar-refractivity contribution in [1.29, 1.82) is 0 Å². The summed E-state index contributed by atoms with van der Waals surface area (Å²) in [5, 5.41) is 8.75. The molecule has 0 spiro atoms. The van der Waals surface area contributed by atoms with Crippen LogP contribution in [-0.2, 0) is 0 Å². The van der Waals surface area contributed by atoms with E-state index >= 15 is 0 Å². The first-order valence-electron chi connectivity index (χ1n) is 5.01. The molecule has 0 aliphatic heterocycles. The molecule has 0 aliphatic carbocycles. The fourth-order valence-electron chi connectivity index (χ4n) is 1.50. The Kier molecular flexibility index (Phi) is 3.18. The molecule has 0 fully saturated rings. The molecule has 1 heterocycles. The zero-order chi connectivity index (χ0) is 13.1. The fraction of sp³-hybridized carbons (Fsp3) is 0.0833. The van der Waals surface area contributed by atoms with E-state index in [4.69, 9.17) is 9.84 Å². The van der Waals surface area contributed by atoms with Gasteiger partial charge < -0.3 is 9.84 Å². The fourth-order valence-corrected chi connectivity index (χ4v) is 1.50. The van der Waals surface area contributed by atoms with Gasteiger partial charge in [-0.2, -0.15) is 0 Å². The molecule has 0 saturated heterocycles. The van der Waals surface area contributed by atoms with Crippen molar-refractivity contribution in [1.82, 2.24) is 9.97 Å². The van der Waals surface area contributed by atoms with E-state index in [0.717, 1.165) is 6.07 Å². The first-order chi connectivity index (χ1) is 8.63. The molecular formula is C12H9FN2O3. The van der Waals surface area contributed by atoms with Crippen LogP contribution < -0.4 is 4.74 Å². The number of aromatic carboxylic acids is 1. The summed E-state index contributed by atoms with van der Waals surface area (Å²) in [6, 6.07) is 3.58. The summed E-state index contributed by atoms with van der Waals surface area (Å²) in [7, 11) is 1.40. The van der Waals surface area contributed by atoms with Gasteiger partial charge >= 0.3 is 5.97 Å². The third-order valence-corrected chi connectivity index (χ3v) is 2.33. The summed E-state index contributed by atoms with van der Waals surface area (Å²) in [6.07, 6.45) is 2.83. The van der Waals surface area contributed by atoms with Gasteiger partial charge in [0.25, 0.3) is 0 Å². The average molecular weight is 248 g/mol. The summed E-state index contributed by atoms with van der Waals surface area (Å²) >= 11 is 0. The third kappa shape index (κ3) is 2.13. The predicted molar refractivity (Wildman–Crippen MR) is 60.9 cm³/mol. The van der Waals surface area contributed by atoms with E-state index in [1.807, 2.05) is 0 Å². The molecular weight excluding hydrogens is 239 g/mol. The number of carbonyl (C=O) groups is 1. The first-order valence-corrected chi connectivity index (χ1v) is 5.01. The molecule has 0 saturated carbocycles. The van der Waals surface area contributed by atoms with E-state index in [1.165, 1.54) is 31.6 Å². The van der Waals surface area contributed by atoms with Gasteiger partial charge in [-0.1, -0.05) is 0 Å². The van der Waals surface area contributed by atoms with Crippen LogP contribution in [0.2, 0.25) is 0 Å². The van der Waals surface area contributed by atoms with Crippen molar-refractivity contribution >= 4 is 5.97 Å². The lowest BCUT2D eigenvalue weighted by Gasteiger charge is -2.07. The van der Waals surface area contributed by atoms with Crippen LogP contribution in [0.25, 0.3) is 11.3 Å². The Bertz CT molecular complexity index is 602. The highest BCUT2D eigenvalue weighted by atomic mass is 19.1. The molecule has 1 aromatic carbocycles. The smallest absolute Gasteiger partial charge is 0.335 e. The molecule has 0 radical (unpaired) electrons. The van der Waals surface area contributed by atoms with Crippen molar-refractivity contribution in [3.63, 3.8) is 0 Å². The Morgan fingerprint density at radius 1 is 1.33 bits per heavy atom. The van der Waals surface area contributed by atoms with Crippen molar-refractivity contribution in [2.45, 2.75) is 0 Å². The van der Waals surface area contributed by atoms with E-state index in [2.05, 4.69) is 9.97 Å². The molecule has 0 unspecified atom stereocenters. The maximum atomic E-state index is 13.8. The Morgan fingerprint density at radius 2 is 2.06 bits per heavy atom. The monoisotopic (exact) mass is 248 g/mol. The zero-order valence-electron chi connectivity index (χ0n) is 9.42.